The van der Waals surface area contributed by atoms with Crippen LogP contribution >= 0.6 is 12.4 Å². The van der Waals surface area contributed by atoms with E-state index in [2.05, 4.69) is 53.1 Å². The van der Waals surface area contributed by atoms with Gasteiger partial charge in [0.25, 0.3) is 0 Å². The molecule has 0 radical (unpaired) electrons. The van der Waals surface area contributed by atoms with E-state index in [0.29, 0.717) is 6.54 Å². The molecule has 0 saturated carbocycles. The fraction of sp³-hybridized carbons (Fsp3) is 0.389. The number of hydrogen-bond acceptors (Lipinski definition) is 2. The first-order valence-electron chi connectivity index (χ1n) is 7.82. The van der Waals surface area contributed by atoms with Gasteiger partial charge in [0.1, 0.15) is 0 Å². The fourth-order valence-corrected chi connectivity index (χ4v) is 3.03. The van der Waals surface area contributed by atoms with Crippen molar-refractivity contribution in [1.82, 2.24) is 10.6 Å². The molecule has 2 aromatic carbocycles. The van der Waals surface area contributed by atoms with Gasteiger partial charge >= 0.3 is 0 Å². The normalized spacial score (nSPS) is 17.7. The highest BCUT2D eigenvalue weighted by atomic mass is 35.5. The van der Waals surface area contributed by atoms with E-state index in [4.69, 9.17) is 0 Å². The van der Waals surface area contributed by atoms with Crippen molar-refractivity contribution in [3.8, 4) is 0 Å². The second-order valence-corrected chi connectivity index (χ2v) is 5.68. The van der Waals surface area contributed by atoms with Crippen LogP contribution in [0.25, 0.3) is 10.8 Å². The molecule has 4 heteroatoms. The summed E-state index contributed by atoms with van der Waals surface area (Å²) in [5.41, 5.74) is 1.30. The number of fused-ring (bicyclic) bond motifs is 1. The van der Waals surface area contributed by atoms with Crippen LogP contribution in [-0.2, 0) is 11.2 Å². The molecule has 2 N–H and O–H groups in total. The van der Waals surface area contributed by atoms with Gasteiger partial charge in [-0.05, 0) is 42.1 Å². The molecule has 1 saturated heterocycles. The Morgan fingerprint density at radius 2 is 1.95 bits per heavy atom. The molecule has 0 aliphatic carbocycles. The maximum Gasteiger partial charge on any atom is 0.237 e. The van der Waals surface area contributed by atoms with E-state index in [-0.39, 0.29) is 24.4 Å². The third-order valence-electron chi connectivity index (χ3n) is 4.20. The average Bonchev–Trinajstić information content (AvgIpc) is 2.56. The largest absolute Gasteiger partial charge is 0.354 e. The lowest BCUT2D eigenvalue weighted by Crippen LogP contribution is -2.47. The smallest absolute Gasteiger partial charge is 0.237 e. The molecule has 118 valence electrons. The van der Waals surface area contributed by atoms with Crippen LogP contribution < -0.4 is 10.6 Å². The third kappa shape index (κ3) is 3.99. The number of halogens is 1. The first-order chi connectivity index (χ1) is 10.3. The molecule has 1 aliphatic rings. The molecule has 1 unspecified atom stereocenters. The number of nitrogens with one attached hydrogen (secondary N) is 2. The summed E-state index contributed by atoms with van der Waals surface area (Å²) < 4.78 is 0. The van der Waals surface area contributed by atoms with Crippen LogP contribution in [0.3, 0.4) is 0 Å². The highest BCUT2D eigenvalue weighted by molar-refractivity contribution is 5.86. The molecule has 1 fully saturated rings. The predicted molar refractivity (Wildman–Crippen MR) is 93.6 cm³/mol. The number of carbonyl (C=O) groups is 1. The zero-order valence-electron chi connectivity index (χ0n) is 12.7. The highest BCUT2D eigenvalue weighted by Gasteiger charge is 2.19. The van der Waals surface area contributed by atoms with Crippen LogP contribution in [0.2, 0.25) is 0 Å². The van der Waals surface area contributed by atoms with Gasteiger partial charge in [-0.2, -0.15) is 0 Å². The Hall–Kier alpha value is -1.58. The Kier molecular flexibility index (Phi) is 6.22. The van der Waals surface area contributed by atoms with Gasteiger partial charge in [-0.15, -0.1) is 12.4 Å². The quantitative estimate of drug-likeness (QED) is 0.909. The zero-order valence-corrected chi connectivity index (χ0v) is 13.5. The van der Waals surface area contributed by atoms with Gasteiger partial charge in [0.15, 0.2) is 0 Å². The number of amides is 1. The molecule has 1 heterocycles. The van der Waals surface area contributed by atoms with E-state index in [1.165, 1.54) is 22.8 Å². The summed E-state index contributed by atoms with van der Waals surface area (Å²) in [5.74, 6) is 0.148. The van der Waals surface area contributed by atoms with Gasteiger partial charge in [-0.25, -0.2) is 0 Å². The Labute approximate surface area is 137 Å². The number of benzene rings is 2. The zero-order chi connectivity index (χ0) is 14.5. The van der Waals surface area contributed by atoms with Crippen LogP contribution in [0, 0.1) is 0 Å². The topological polar surface area (TPSA) is 41.1 Å². The maximum atomic E-state index is 12.1. The lowest BCUT2D eigenvalue weighted by Gasteiger charge is -2.22. The monoisotopic (exact) mass is 318 g/mol. The van der Waals surface area contributed by atoms with Gasteiger partial charge in [0.2, 0.25) is 5.91 Å². The summed E-state index contributed by atoms with van der Waals surface area (Å²) in [7, 11) is 0. The lowest BCUT2D eigenvalue weighted by atomic mass is 10.0. The first kappa shape index (κ1) is 16.8. The molecule has 0 aromatic heterocycles. The SMILES string of the molecule is Cl.O=C(NCCc1cccc2ccccc12)C1CCCCN1. The van der Waals surface area contributed by atoms with Crippen molar-refractivity contribution in [1.29, 1.82) is 0 Å². The van der Waals surface area contributed by atoms with Gasteiger partial charge < -0.3 is 10.6 Å². The van der Waals surface area contributed by atoms with Gasteiger partial charge in [-0.1, -0.05) is 48.9 Å². The van der Waals surface area contributed by atoms with Crippen LogP contribution in [0.5, 0.6) is 0 Å². The summed E-state index contributed by atoms with van der Waals surface area (Å²) in [6.07, 6.45) is 4.16. The van der Waals surface area contributed by atoms with Crippen molar-refractivity contribution in [2.45, 2.75) is 31.7 Å². The molecule has 1 amide bonds. The lowest BCUT2D eigenvalue weighted by molar-refractivity contribution is -0.123. The number of carbonyl (C=O) groups excluding carboxylic acids is 1. The third-order valence-corrected chi connectivity index (χ3v) is 4.20. The Morgan fingerprint density at radius 1 is 1.14 bits per heavy atom. The minimum absolute atomic E-state index is 0. The van der Waals surface area contributed by atoms with E-state index in [1.54, 1.807) is 0 Å². The van der Waals surface area contributed by atoms with Gasteiger partial charge in [0.05, 0.1) is 6.04 Å². The van der Waals surface area contributed by atoms with Crippen LogP contribution in [0.1, 0.15) is 24.8 Å². The van der Waals surface area contributed by atoms with Gasteiger partial charge in [-0.3, -0.25) is 4.79 Å². The van der Waals surface area contributed by atoms with Crippen molar-refractivity contribution in [3.63, 3.8) is 0 Å². The van der Waals surface area contributed by atoms with Crippen LogP contribution in [0.4, 0.5) is 0 Å². The molecule has 2 aromatic rings. The van der Waals surface area contributed by atoms with Gasteiger partial charge in [0, 0.05) is 6.54 Å². The summed E-state index contributed by atoms with van der Waals surface area (Å²) in [6, 6.07) is 14.8. The van der Waals surface area contributed by atoms with Crippen LogP contribution in [0.15, 0.2) is 42.5 Å². The molecular formula is C18H23ClN2O. The maximum absolute atomic E-state index is 12.1. The minimum atomic E-state index is 0. The molecule has 1 aliphatic heterocycles. The van der Waals surface area contributed by atoms with Crippen molar-refractivity contribution in [3.05, 3.63) is 48.0 Å². The van der Waals surface area contributed by atoms with E-state index < -0.39 is 0 Å². The fourth-order valence-electron chi connectivity index (χ4n) is 3.03. The van der Waals surface area contributed by atoms with Crippen LogP contribution in [-0.4, -0.2) is 25.0 Å². The molecule has 1 atom stereocenters. The summed E-state index contributed by atoms with van der Waals surface area (Å²) in [4.78, 5) is 12.1. The van der Waals surface area contributed by atoms with Crippen molar-refractivity contribution in [2.75, 3.05) is 13.1 Å². The van der Waals surface area contributed by atoms with Crippen molar-refractivity contribution >= 4 is 29.1 Å². The van der Waals surface area contributed by atoms with Crippen molar-refractivity contribution in [2.24, 2.45) is 0 Å². The predicted octanol–water partition coefficient (Wildman–Crippen LogP) is 3.06. The standard InChI is InChI=1S/C18H22N2O.ClH/c21-18(17-10-3-4-12-19-17)20-13-11-15-8-5-7-14-6-1-2-9-16(14)15;/h1-2,5-9,17,19H,3-4,10-13H2,(H,20,21);1H. The van der Waals surface area contributed by atoms with E-state index in [1.807, 2.05) is 0 Å². The molecule has 3 rings (SSSR count). The molecule has 3 nitrogen and oxygen atoms in total. The molecule has 22 heavy (non-hydrogen) atoms. The average molecular weight is 319 g/mol. The highest BCUT2D eigenvalue weighted by Crippen LogP contribution is 2.18. The first-order valence-corrected chi connectivity index (χ1v) is 7.82. The summed E-state index contributed by atoms with van der Waals surface area (Å²) in [5, 5.41) is 8.89. The molecule has 0 bridgehead atoms. The number of hydrogen-bond donors (Lipinski definition) is 2. The second kappa shape index (κ2) is 8.16. The number of rotatable bonds is 4. The van der Waals surface area contributed by atoms with E-state index in [0.717, 1.165) is 25.8 Å². The minimum Gasteiger partial charge on any atom is -0.354 e. The summed E-state index contributed by atoms with van der Waals surface area (Å²) >= 11 is 0. The second-order valence-electron chi connectivity index (χ2n) is 5.68. The van der Waals surface area contributed by atoms with Crippen molar-refractivity contribution < 1.29 is 4.79 Å². The molecule has 0 spiro atoms. The summed E-state index contributed by atoms with van der Waals surface area (Å²) in [6.45, 7) is 1.66. The Bertz CT molecular complexity index is 618. The van der Waals surface area contributed by atoms with E-state index in [9.17, 15) is 4.79 Å². The Balaban J connectivity index is 0.00000176. The van der Waals surface area contributed by atoms with E-state index >= 15 is 0 Å². The Morgan fingerprint density at radius 3 is 2.77 bits per heavy atom. The molecular weight excluding hydrogens is 296 g/mol. The number of piperidine rings is 1.